The van der Waals surface area contributed by atoms with Gasteiger partial charge in [-0.1, -0.05) is 24.3 Å². The van der Waals surface area contributed by atoms with Gasteiger partial charge in [-0.25, -0.2) is 23.8 Å². The highest BCUT2D eigenvalue weighted by Gasteiger charge is 2.31. The number of nitrogen functional groups attached to an aromatic ring is 1. The van der Waals surface area contributed by atoms with Crippen molar-refractivity contribution in [2.24, 2.45) is 0 Å². The van der Waals surface area contributed by atoms with Crippen LogP contribution in [0.4, 0.5) is 15.0 Å². The topological polar surface area (TPSA) is 137 Å². The van der Waals surface area contributed by atoms with Crippen molar-refractivity contribution in [1.82, 2.24) is 30.0 Å². The molecule has 3 heterocycles. The summed E-state index contributed by atoms with van der Waals surface area (Å²) in [5, 5.41) is 8.28. The Morgan fingerprint density at radius 3 is 2.62 bits per heavy atom. The van der Waals surface area contributed by atoms with E-state index in [2.05, 4.69) is 15.3 Å². The first-order chi connectivity index (χ1) is 20.0. The maximum atomic E-state index is 14.2. The fourth-order valence-electron chi connectivity index (χ4n) is 4.96. The molecule has 11 nitrogen and oxygen atoms in total. The Labute approximate surface area is 242 Å². The van der Waals surface area contributed by atoms with Gasteiger partial charge >= 0.3 is 6.09 Å². The number of carbonyl (C=O) groups excluding carboxylic acids is 2. The lowest BCUT2D eigenvalue weighted by Gasteiger charge is -2.34. The van der Waals surface area contributed by atoms with Gasteiger partial charge < -0.3 is 25.4 Å². The quantitative estimate of drug-likeness (QED) is 0.337. The number of aromatic nitrogens is 4. The minimum Gasteiger partial charge on any atom is -0.497 e. The van der Waals surface area contributed by atoms with E-state index in [1.165, 1.54) is 31.6 Å². The Balaban J connectivity index is 1.36. The minimum absolute atomic E-state index is 0.0913. The second kappa shape index (κ2) is 11.6. The van der Waals surface area contributed by atoms with Gasteiger partial charge in [0.05, 0.1) is 24.1 Å². The molecule has 2 amide bonds. The molecule has 0 spiro atoms. The monoisotopic (exact) mass is 575 g/mol. The van der Waals surface area contributed by atoms with Crippen molar-refractivity contribution in [1.29, 1.82) is 0 Å². The van der Waals surface area contributed by atoms with Crippen LogP contribution in [0.15, 0.2) is 48.8 Å². The number of halogens is 1. The summed E-state index contributed by atoms with van der Waals surface area (Å²) in [6.07, 6.45) is 2.66. The predicted molar refractivity (Wildman–Crippen MR) is 155 cm³/mol. The first-order valence-electron chi connectivity index (χ1n) is 13.7. The maximum absolute atomic E-state index is 14.2. The average molecular weight is 576 g/mol. The molecule has 1 aliphatic heterocycles. The van der Waals surface area contributed by atoms with E-state index in [9.17, 15) is 14.0 Å². The van der Waals surface area contributed by atoms with Crippen LogP contribution < -0.4 is 15.8 Å². The molecule has 1 atom stereocenters. The number of benzene rings is 2. The van der Waals surface area contributed by atoms with Crippen LogP contribution in [-0.4, -0.2) is 62.4 Å². The van der Waals surface area contributed by atoms with E-state index in [0.717, 1.165) is 24.0 Å². The third-order valence-corrected chi connectivity index (χ3v) is 7.01. The normalized spacial score (nSPS) is 15.5. The van der Waals surface area contributed by atoms with Gasteiger partial charge in [-0.05, 0) is 57.4 Å². The van der Waals surface area contributed by atoms with Crippen molar-refractivity contribution in [3.63, 3.8) is 0 Å². The number of nitrogens with two attached hydrogens (primary N) is 1. The highest BCUT2D eigenvalue weighted by molar-refractivity contribution is 5.98. The number of anilines is 1. The molecule has 12 heteroatoms. The Morgan fingerprint density at radius 1 is 1.14 bits per heavy atom. The number of methoxy groups -OCH3 is 1. The van der Waals surface area contributed by atoms with Gasteiger partial charge in [0.15, 0.2) is 5.65 Å². The third-order valence-electron chi connectivity index (χ3n) is 7.01. The van der Waals surface area contributed by atoms with Crippen LogP contribution >= 0.6 is 0 Å². The molecule has 3 N–H and O–H groups in total. The van der Waals surface area contributed by atoms with Gasteiger partial charge in [0.1, 0.15) is 35.0 Å². The van der Waals surface area contributed by atoms with E-state index in [1.54, 1.807) is 4.90 Å². The Morgan fingerprint density at radius 2 is 1.90 bits per heavy atom. The molecule has 1 saturated heterocycles. The summed E-state index contributed by atoms with van der Waals surface area (Å²) in [6.45, 7) is 6.77. The fourth-order valence-corrected chi connectivity index (χ4v) is 4.96. The molecule has 2 aromatic carbocycles. The Hall–Kier alpha value is -4.74. The number of fused-ring (bicyclic) bond motifs is 1. The third kappa shape index (κ3) is 6.12. The predicted octanol–water partition coefficient (Wildman–Crippen LogP) is 4.73. The van der Waals surface area contributed by atoms with Crippen molar-refractivity contribution < 1.29 is 23.5 Å². The van der Waals surface area contributed by atoms with Gasteiger partial charge in [-0.3, -0.25) is 4.79 Å². The smallest absolute Gasteiger partial charge is 0.410 e. The van der Waals surface area contributed by atoms with E-state index in [0.29, 0.717) is 41.4 Å². The first-order valence-corrected chi connectivity index (χ1v) is 13.7. The molecule has 5 rings (SSSR count). The maximum Gasteiger partial charge on any atom is 0.410 e. The largest absolute Gasteiger partial charge is 0.497 e. The second-order valence-electron chi connectivity index (χ2n) is 11.2. The first kappa shape index (κ1) is 28.8. The standard InChI is InChI=1S/C30H34FN7O4/c1-30(2,3)42-29(40)37-13-5-6-20(16-37)38-27-24(26(32)34-17-35-27)25(36-38)19-9-7-18(8-10-19)15-33-28(39)22-14-21(41-4)11-12-23(22)31/h7-12,14,17,20H,5-6,13,15-16H2,1-4H3,(H,33,39)(H2,32,34,35)/t20-/m1/s1. The van der Waals surface area contributed by atoms with Crippen LogP contribution in [0.1, 0.15) is 55.6 Å². The molecule has 0 bridgehead atoms. The summed E-state index contributed by atoms with van der Waals surface area (Å²) < 4.78 is 26.7. The summed E-state index contributed by atoms with van der Waals surface area (Å²) in [7, 11) is 1.45. The highest BCUT2D eigenvalue weighted by atomic mass is 19.1. The summed E-state index contributed by atoms with van der Waals surface area (Å²) in [4.78, 5) is 35.7. The SMILES string of the molecule is COc1ccc(F)c(C(=O)NCc2ccc(-c3nn([C@@H]4CCCN(C(=O)OC(C)(C)C)C4)c4ncnc(N)c34)cc2)c1. The van der Waals surface area contributed by atoms with Crippen LogP contribution in [0.5, 0.6) is 5.75 Å². The van der Waals surface area contributed by atoms with Crippen LogP contribution in [0.25, 0.3) is 22.3 Å². The molecular formula is C30H34FN7O4. The molecule has 0 aliphatic carbocycles. The number of hydrogen-bond acceptors (Lipinski definition) is 8. The van der Waals surface area contributed by atoms with Crippen molar-refractivity contribution in [2.45, 2.75) is 51.8 Å². The van der Waals surface area contributed by atoms with Crippen LogP contribution in [0, 0.1) is 5.82 Å². The van der Waals surface area contributed by atoms with Crippen molar-refractivity contribution in [3.8, 4) is 17.0 Å². The molecule has 0 radical (unpaired) electrons. The van der Waals surface area contributed by atoms with Crippen LogP contribution in [0.2, 0.25) is 0 Å². The molecule has 0 unspecified atom stereocenters. The average Bonchev–Trinajstić information content (AvgIpc) is 3.37. The number of nitrogens with zero attached hydrogens (tertiary/aromatic N) is 5. The number of rotatable bonds is 6. The molecule has 4 aromatic rings. The van der Waals surface area contributed by atoms with Gasteiger partial charge in [0.2, 0.25) is 0 Å². The van der Waals surface area contributed by atoms with Gasteiger partial charge in [0, 0.05) is 25.2 Å². The highest BCUT2D eigenvalue weighted by Crippen LogP contribution is 2.34. The van der Waals surface area contributed by atoms with Crippen LogP contribution in [0.3, 0.4) is 0 Å². The summed E-state index contributed by atoms with van der Waals surface area (Å²) in [6, 6.07) is 11.4. The molecule has 1 fully saturated rings. The zero-order chi connectivity index (χ0) is 30.0. The number of carbonyl (C=O) groups is 2. The van der Waals surface area contributed by atoms with E-state index in [-0.39, 0.29) is 24.2 Å². The number of piperidine rings is 1. The fraction of sp³-hybridized carbons (Fsp3) is 0.367. The van der Waals surface area contributed by atoms with Crippen molar-refractivity contribution in [2.75, 3.05) is 25.9 Å². The van der Waals surface area contributed by atoms with Gasteiger partial charge in [0.25, 0.3) is 5.91 Å². The van der Waals surface area contributed by atoms with Crippen molar-refractivity contribution >= 4 is 28.9 Å². The zero-order valence-electron chi connectivity index (χ0n) is 24.1. The summed E-state index contributed by atoms with van der Waals surface area (Å²) in [5.74, 6) is -0.472. The van der Waals surface area contributed by atoms with Gasteiger partial charge in [-0.2, -0.15) is 5.10 Å². The van der Waals surface area contributed by atoms with E-state index in [4.69, 9.17) is 20.3 Å². The number of amides is 2. The molecule has 2 aromatic heterocycles. The Kier molecular flexibility index (Phi) is 7.97. The molecular weight excluding hydrogens is 541 g/mol. The number of ether oxygens (including phenoxy) is 2. The summed E-state index contributed by atoms with van der Waals surface area (Å²) in [5.41, 5.74) is 8.43. The lowest BCUT2D eigenvalue weighted by atomic mass is 10.1. The molecule has 220 valence electrons. The summed E-state index contributed by atoms with van der Waals surface area (Å²) >= 11 is 0. The molecule has 42 heavy (non-hydrogen) atoms. The van der Waals surface area contributed by atoms with E-state index in [1.807, 2.05) is 49.7 Å². The lowest BCUT2D eigenvalue weighted by Crippen LogP contribution is -2.43. The molecule has 1 aliphatic rings. The van der Waals surface area contributed by atoms with E-state index < -0.39 is 17.3 Å². The number of likely N-dealkylation sites (tertiary alicyclic amines) is 1. The van der Waals surface area contributed by atoms with E-state index >= 15 is 0 Å². The number of nitrogens with one attached hydrogen (secondary N) is 1. The lowest BCUT2D eigenvalue weighted by molar-refractivity contribution is 0.0169. The Bertz CT molecular complexity index is 1610. The van der Waals surface area contributed by atoms with Crippen molar-refractivity contribution in [3.05, 3.63) is 65.7 Å². The minimum atomic E-state index is -0.627. The van der Waals surface area contributed by atoms with Crippen LogP contribution in [-0.2, 0) is 11.3 Å². The van der Waals surface area contributed by atoms with Gasteiger partial charge in [-0.15, -0.1) is 0 Å². The second-order valence-corrected chi connectivity index (χ2v) is 11.2. The molecule has 0 saturated carbocycles. The zero-order valence-corrected chi connectivity index (χ0v) is 24.1. The number of hydrogen-bond donors (Lipinski definition) is 2.